The number of guanidine groups is 1. The summed E-state index contributed by atoms with van der Waals surface area (Å²) < 4.78 is 0. The summed E-state index contributed by atoms with van der Waals surface area (Å²) in [6.07, 6.45) is 9.90. The highest BCUT2D eigenvalue weighted by atomic mass is 15.3. The van der Waals surface area contributed by atoms with Crippen LogP contribution in [0.2, 0.25) is 0 Å². The second-order valence-corrected chi connectivity index (χ2v) is 7.85. The molecule has 1 saturated heterocycles. The first-order chi connectivity index (χ1) is 12.2. The van der Waals surface area contributed by atoms with Crippen molar-refractivity contribution in [2.45, 2.75) is 64.8 Å². The molecule has 5 heteroatoms. The van der Waals surface area contributed by atoms with Gasteiger partial charge < -0.3 is 15.5 Å². The molecule has 0 aromatic rings. The van der Waals surface area contributed by atoms with Gasteiger partial charge in [0.15, 0.2) is 5.96 Å². The molecule has 0 aromatic heterocycles. The Labute approximate surface area is 155 Å². The first-order valence-corrected chi connectivity index (χ1v) is 10.6. The van der Waals surface area contributed by atoms with Gasteiger partial charge in [-0.05, 0) is 32.2 Å². The molecule has 25 heavy (non-hydrogen) atoms. The van der Waals surface area contributed by atoms with E-state index < -0.39 is 0 Å². The molecule has 0 amide bonds. The lowest BCUT2D eigenvalue weighted by Gasteiger charge is -2.37. The fourth-order valence-corrected chi connectivity index (χ4v) is 4.19. The molecule has 1 unspecified atom stereocenters. The van der Waals surface area contributed by atoms with Crippen LogP contribution >= 0.6 is 0 Å². The molecule has 2 aliphatic rings. The van der Waals surface area contributed by atoms with Gasteiger partial charge in [0.25, 0.3) is 0 Å². The van der Waals surface area contributed by atoms with Gasteiger partial charge in [0, 0.05) is 52.4 Å². The van der Waals surface area contributed by atoms with Gasteiger partial charge in [-0.1, -0.05) is 39.0 Å². The van der Waals surface area contributed by atoms with Crippen LogP contribution in [0.25, 0.3) is 0 Å². The SMILES string of the molecule is CCN1CCN(C(C)CNC(=NC)NCCCC2CCCCC2)CC1. The molecule has 1 aliphatic heterocycles. The lowest BCUT2D eigenvalue weighted by molar-refractivity contribution is 0.107. The Bertz CT molecular complexity index is 370. The molecular formula is C20H41N5. The molecule has 2 fully saturated rings. The van der Waals surface area contributed by atoms with Crippen LogP contribution in [0, 0.1) is 5.92 Å². The second kappa shape index (κ2) is 11.7. The summed E-state index contributed by atoms with van der Waals surface area (Å²) in [5, 5.41) is 7.01. The summed E-state index contributed by atoms with van der Waals surface area (Å²) in [5.74, 6) is 1.94. The van der Waals surface area contributed by atoms with E-state index in [2.05, 4.69) is 39.3 Å². The molecular weight excluding hydrogens is 310 g/mol. The number of likely N-dealkylation sites (N-methyl/N-ethyl adjacent to an activating group) is 1. The van der Waals surface area contributed by atoms with Crippen molar-refractivity contribution in [3.05, 3.63) is 0 Å². The molecule has 1 aliphatic carbocycles. The molecule has 0 aromatic carbocycles. The van der Waals surface area contributed by atoms with E-state index in [1.165, 1.54) is 77.7 Å². The van der Waals surface area contributed by atoms with Gasteiger partial charge in [0.2, 0.25) is 0 Å². The number of hydrogen-bond acceptors (Lipinski definition) is 3. The maximum atomic E-state index is 4.38. The fraction of sp³-hybridized carbons (Fsp3) is 0.950. The van der Waals surface area contributed by atoms with Crippen molar-refractivity contribution in [2.24, 2.45) is 10.9 Å². The highest BCUT2D eigenvalue weighted by Crippen LogP contribution is 2.26. The quantitative estimate of drug-likeness (QED) is 0.401. The van der Waals surface area contributed by atoms with Crippen molar-refractivity contribution in [3.63, 3.8) is 0 Å². The first-order valence-electron chi connectivity index (χ1n) is 10.6. The Hall–Kier alpha value is -0.810. The molecule has 0 bridgehead atoms. The van der Waals surface area contributed by atoms with Crippen molar-refractivity contribution in [1.82, 2.24) is 20.4 Å². The second-order valence-electron chi connectivity index (χ2n) is 7.85. The van der Waals surface area contributed by atoms with Gasteiger partial charge in [-0.3, -0.25) is 9.89 Å². The first kappa shape index (κ1) is 20.5. The van der Waals surface area contributed by atoms with Crippen molar-refractivity contribution in [3.8, 4) is 0 Å². The predicted molar refractivity (Wildman–Crippen MR) is 108 cm³/mol. The third-order valence-corrected chi connectivity index (χ3v) is 6.07. The number of hydrogen-bond donors (Lipinski definition) is 2. The maximum Gasteiger partial charge on any atom is 0.191 e. The molecule has 0 radical (unpaired) electrons. The summed E-state index contributed by atoms with van der Waals surface area (Å²) in [6.45, 7) is 12.5. The number of rotatable bonds is 8. The third-order valence-electron chi connectivity index (χ3n) is 6.07. The molecule has 2 N–H and O–H groups in total. The van der Waals surface area contributed by atoms with Crippen molar-refractivity contribution in [1.29, 1.82) is 0 Å². The topological polar surface area (TPSA) is 42.9 Å². The van der Waals surface area contributed by atoms with Gasteiger partial charge in [0.05, 0.1) is 0 Å². The highest BCUT2D eigenvalue weighted by Gasteiger charge is 2.20. The van der Waals surface area contributed by atoms with E-state index in [-0.39, 0.29) is 0 Å². The van der Waals surface area contributed by atoms with Crippen molar-refractivity contribution >= 4 is 5.96 Å². The minimum absolute atomic E-state index is 0.555. The van der Waals surface area contributed by atoms with E-state index in [0.29, 0.717) is 6.04 Å². The Kier molecular flexibility index (Phi) is 9.63. The van der Waals surface area contributed by atoms with Crippen LogP contribution in [0.15, 0.2) is 4.99 Å². The lowest BCUT2D eigenvalue weighted by Crippen LogP contribution is -2.53. The highest BCUT2D eigenvalue weighted by molar-refractivity contribution is 5.79. The van der Waals surface area contributed by atoms with Crippen LogP contribution < -0.4 is 10.6 Å². The van der Waals surface area contributed by atoms with Gasteiger partial charge in [0.1, 0.15) is 0 Å². The average molecular weight is 352 g/mol. The van der Waals surface area contributed by atoms with E-state index in [1.54, 1.807) is 0 Å². The van der Waals surface area contributed by atoms with Gasteiger partial charge in [-0.25, -0.2) is 0 Å². The third kappa shape index (κ3) is 7.53. The van der Waals surface area contributed by atoms with E-state index in [4.69, 9.17) is 0 Å². The minimum Gasteiger partial charge on any atom is -0.356 e. The van der Waals surface area contributed by atoms with E-state index >= 15 is 0 Å². The summed E-state index contributed by atoms with van der Waals surface area (Å²) in [5.41, 5.74) is 0. The molecule has 0 spiro atoms. The largest absolute Gasteiger partial charge is 0.356 e. The Morgan fingerprint density at radius 2 is 1.80 bits per heavy atom. The van der Waals surface area contributed by atoms with Gasteiger partial charge in [-0.15, -0.1) is 0 Å². The van der Waals surface area contributed by atoms with Crippen LogP contribution in [-0.2, 0) is 0 Å². The van der Waals surface area contributed by atoms with Crippen LogP contribution in [0.1, 0.15) is 58.8 Å². The standard InChI is InChI=1S/C20H41N5/c1-4-24-13-15-25(16-14-24)18(2)17-23-20(21-3)22-12-8-11-19-9-6-5-7-10-19/h18-19H,4-17H2,1-3H3,(H2,21,22,23). The number of nitrogens with one attached hydrogen (secondary N) is 2. The lowest BCUT2D eigenvalue weighted by atomic mass is 9.86. The van der Waals surface area contributed by atoms with E-state index in [0.717, 1.165) is 25.0 Å². The Balaban J connectivity index is 1.56. The van der Waals surface area contributed by atoms with Crippen LogP contribution in [0.5, 0.6) is 0 Å². The van der Waals surface area contributed by atoms with Crippen molar-refractivity contribution < 1.29 is 0 Å². The number of aliphatic imine (C=N–C) groups is 1. The summed E-state index contributed by atoms with van der Waals surface area (Å²) in [4.78, 5) is 9.51. The summed E-state index contributed by atoms with van der Waals surface area (Å²) >= 11 is 0. The van der Waals surface area contributed by atoms with Crippen LogP contribution in [0.4, 0.5) is 0 Å². The zero-order valence-corrected chi connectivity index (χ0v) is 16.9. The van der Waals surface area contributed by atoms with Crippen molar-refractivity contribution in [2.75, 3.05) is 52.9 Å². The monoisotopic (exact) mass is 351 g/mol. The molecule has 2 rings (SSSR count). The van der Waals surface area contributed by atoms with Gasteiger partial charge in [-0.2, -0.15) is 0 Å². The molecule has 5 nitrogen and oxygen atoms in total. The minimum atomic E-state index is 0.555. The Morgan fingerprint density at radius 3 is 2.44 bits per heavy atom. The zero-order chi connectivity index (χ0) is 17.9. The zero-order valence-electron chi connectivity index (χ0n) is 16.9. The van der Waals surface area contributed by atoms with Crippen LogP contribution in [0.3, 0.4) is 0 Å². The number of nitrogens with zero attached hydrogens (tertiary/aromatic N) is 3. The fourth-order valence-electron chi connectivity index (χ4n) is 4.19. The van der Waals surface area contributed by atoms with E-state index in [9.17, 15) is 0 Å². The molecule has 1 saturated carbocycles. The van der Waals surface area contributed by atoms with Crippen LogP contribution in [-0.4, -0.2) is 74.7 Å². The number of piperazine rings is 1. The maximum absolute atomic E-state index is 4.38. The smallest absolute Gasteiger partial charge is 0.191 e. The molecule has 1 atom stereocenters. The average Bonchev–Trinajstić information content (AvgIpc) is 2.68. The normalized spacial score (nSPS) is 22.8. The van der Waals surface area contributed by atoms with Gasteiger partial charge >= 0.3 is 0 Å². The molecule has 1 heterocycles. The Morgan fingerprint density at radius 1 is 1.08 bits per heavy atom. The summed E-state index contributed by atoms with van der Waals surface area (Å²) in [7, 11) is 1.88. The molecule has 146 valence electrons. The predicted octanol–water partition coefficient (Wildman–Crippen LogP) is 2.54. The van der Waals surface area contributed by atoms with E-state index in [1.807, 2.05) is 7.05 Å². The summed E-state index contributed by atoms with van der Waals surface area (Å²) in [6, 6.07) is 0.555.